The number of benzene rings is 2. The van der Waals surface area contributed by atoms with Crippen molar-refractivity contribution in [3.8, 4) is 0 Å². The van der Waals surface area contributed by atoms with Crippen molar-refractivity contribution in [2.45, 2.75) is 40.2 Å². The third kappa shape index (κ3) is 3.65. The third-order valence-corrected chi connectivity index (χ3v) is 5.86. The number of aryl methyl sites for hydroxylation is 3. The van der Waals surface area contributed by atoms with Crippen LogP contribution in [0.1, 0.15) is 51.7 Å². The van der Waals surface area contributed by atoms with Crippen LogP contribution >= 0.6 is 0 Å². The van der Waals surface area contributed by atoms with E-state index in [1.807, 2.05) is 61.2 Å². The van der Waals surface area contributed by atoms with Crippen LogP contribution in [-0.4, -0.2) is 34.4 Å². The number of carbonyl (C=O) groups excluding carboxylic acids is 2. The largest absolute Gasteiger partial charge is 0.337 e. The molecule has 5 heteroatoms. The van der Waals surface area contributed by atoms with Crippen LogP contribution in [0.15, 0.2) is 42.5 Å². The molecule has 1 saturated heterocycles. The van der Waals surface area contributed by atoms with Crippen molar-refractivity contribution in [2.24, 2.45) is 0 Å². The van der Waals surface area contributed by atoms with Gasteiger partial charge in [-0.2, -0.15) is 0 Å². The van der Waals surface area contributed by atoms with Crippen molar-refractivity contribution < 1.29 is 9.59 Å². The Labute approximate surface area is 171 Å². The average Bonchev–Trinajstić information content (AvgIpc) is 3.36. The van der Waals surface area contributed by atoms with Gasteiger partial charge in [-0.3, -0.25) is 9.59 Å². The highest BCUT2D eigenvalue weighted by Gasteiger charge is 2.23. The van der Waals surface area contributed by atoms with E-state index < -0.39 is 0 Å². The van der Waals surface area contributed by atoms with Crippen molar-refractivity contribution in [3.05, 3.63) is 64.8 Å². The lowest BCUT2D eigenvalue weighted by Crippen LogP contribution is -2.29. The smallest absolute Gasteiger partial charge is 0.270 e. The maximum absolute atomic E-state index is 12.9. The number of carbonyl (C=O) groups is 2. The van der Waals surface area contributed by atoms with Gasteiger partial charge < -0.3 is 14.8 Å². The van der Waals surface area contributed by atoms with Crippen LogP contribution in [0.2, 0.25) is 0 Å². The van der Waals surface area contributed by atoms with Gasteiger partial charge in [0.2, 0.25) is 0 Å². The van der Waals surface area contributed by atoms with Gasteiger partial charge in [0.15, 0.2) is 0 Å². The lowest BCUT2D eigenvalue weighted by atomic mass is 10.1. The van der Waals surface area contributed by atoms with Crippen molar-refractivity contribution in [1.29, 1.82) is 0 Å². The normalized spacial score (nSPS) is 13.8. The molecule has 0 bridgehead atoms. The molecule has 1 aliphatic rings. The van der Waals surface area contributed by atoms with Crippen LogP contribution < -0.4 is 5.32 Å². The second kappa shape index (κ2) is 7.74. The Kier molecular flexibility index (Phi) is 5.14. The summed E-state index contributed by atoms with van der Waals surface area (Å²) >= 11 is 0. The molecule has 1 N–H and O–H groups in total. The number of nitrogens with one attached hydrogen (secondary N) is 1. The maximum Gasteiger partial charge on any atom is 0.270 e. The minimum Gasteiger partial charge on any atom is -0.337 e. The summed E-state index contributed by atoms with van der Waals surface area (Å²) in [5.74, 6) is -0.0305. The molecule has 1 aliphatic heterocycles. The Morgan fingerprint density at radius 1 is 0.966 bits per heavy atom. The van der Waals surface area contributed by atoms with E-state index in [-0.39, 0.29) is 11.8 Å². The molecule has 2 heterocycles. The first-order chi connectivity index (χ1) is 14.0. The minimum absolute atomic E-state index is 0.0984. The van der Waals surface area contributed by atoms with Crippen molar-refractivity contribution in [2.75, 3.05) is 18.4 Å². The molecule has 0 atom stereocenters. The molecule has 0 unspecified atom stereocenters. The number of anilines is 1. The monoisotopic (exact) mass is 389 g/mol. The van der Waals surface area contributed by atoms with Gasteiger partial charge in [0.1, 0.15) is 5.69 Å². The fraction of sp³-hybridized carbons (Fsp3) is 0.333. The summed E-state index contributed by atoms with van der Waals surface area (Å²) < 4.78 is 2.06. The number of hydrogen-bond donors (Lipinski definition) is 1. The van der Waals surface area contributed by atoms with Crippen LogP contribution in [0.4, 0.5) is 5.69 Å². The SMILES string of the molecule is CCn1c(C(=O)N2CCCC2)cc2cc(NC(=O)c3ccc(C)c(C)c3)ccc21. The molecule has 150 valence electrons. The minimum atomic E-state index is -0.129. The standard InChI is InChI=1S/C24H27N3O2/c1-4-27-21-10-9-20(25-23(28)18-8-7-16(2)17(3)13-18)14-19(21)15-22(27)24(29)26-11-5-6-12-26/h7-10,13-15H,4-6,11-12H2,1-3H3,(H,25,28). The highest BCUT2D eigenvalue weighted by Crippen LogP contribution is 2.26. The summed E-state index contributed by atoms with van der Waals surface area (Å²) in [6, 6.07) is 13.5. The van der Waals surface area contributed by atoms with E-state index in [0.717, 1.165) is 60.3 Å². The highest BCUT2D eigenvalue weighted by molar-refractivity contribution is 6.06. The second-order valence-corrected chi connectivity index (χ2v) is 7.80. The van der Waals surface area contributed by atoms with Crippen LogP contribution in [0.25, 0.3) is 10.9 Å². The summed E-state index contributed by atoms with van der Waals surface area (Å²) in [4.78, 5) is 27.5. The molecule has 4 rings (SSSR count). The summed E-state index contributed by atoms with van der Waals surface area (Å²) in [6.07, 6.45) is 2.15. The fourth-order valence-electron chi connectivity index (χ4n) is 4.03. The first-order valence-corrected chi connectivity index (χ1v) is 10.3. The molecular weight excluding hydrogens is 362 g/mol. The van der Waals surface area contributed by atoms with Crippen LogP contribution in [-0.2, 0) is 6.54 Å². The number of likely N-dealkylation sites (tertiary alicyclic amines) is 1. The van der Waals surface area contributed by atoms with Gasteiger partial charge >= 0.3 is 0 Å². The highest BCUT2D eigenvalue weighted by atomic mass is 16.2. The third-order valence-electron chi connectivity index (χ3n) is 5.86. The van der Waals surface area contributed by atoms with Crippen LogP contribution in [0.3, 0.4) is 0 Å². The number of aromatic nitrogens is 1. The molecule has 0 radical (unpaired) electrons. The molecule has 2 amide bonds. The van der Waals surface area contributed by atoms with E-state index >= 15 is 0 Å². The van der Waals surface area contributed by atoms with E-state index in [2.05, 4.69) is 16.8 Å². The van der Waals surface area contributed by atoms with Crippen molar-refractivity contribution in [1.82, 2.24) is 9.47 Å². The maximum atomic E-state index is 12.9. The van der Waals surface area contributed by atoms with E-state index in [4.69, 9.17) is 0 Å². The zero-order valence-corrected chi connectivity index (χ0v) is 17.3. The Morgan fingerprint density at radius 2 is 1.72 bits per heavy atom. The quantitative estimate of drug-likeness (QED) is 0.699. The number of nitrogens with zero attached hydrogens (tertiary/aromatic N) is 2. The Balaban J connectivity index is 1.62. The zero-order valence-electron chi connectivity index (χ0n) is 17.3. The van der Waals surface area contributed by atoms with Gasteiger partial charge in [-0.1, -0.05) is 6.07 Å². The predicted octanol–water partition coefficient (Wildman–Crippen LogP) is 4.77. The van der Waals surface area contributed by atoms with Crippen molar-refractivity contribution >= 4 is 28.4 Å². The molecule has 3 aromatic rings. The summed E-state index contributed by atoms with van der Waals surface area (Å²) in [6.45, 7) is 8.49. The molecule has 2 aromatic carbocycles. The molecule has 29 heavy (non-hydrogen) atoms. The Hall–Kier alpha value is -3.08. The van der Waals surface area contributed by atoms with Gasteiger partial charge in [0.25, 0.3) is 11.8 Å². The van der Waals surface area contributed by atoms with E-state index in [1.165, 1.54) is 5.56 Å². The van der Waals surface area contributed by atoms with Crippen LogP contribution in [0, 0.1) is 13.8 Å². The first kappa shape index (κ1) is 19.2. The number of fused-ring (bicyclic) bond motifs is 1. The van der Waals surface area contributed by atoms with E-state index in [9.17, 15) is 9.59 Å². The van der Waals surface area contributed by atoms with E-state index in [1.54, 1.807) is 0 Å². The fourth-order valence-corrected chi connectivity index (χ4v) is 4.03. The Bertz CT molecular complexity index is 1090. The molecular formula is C24H27N3O2. The van der Waals surface area contributed by atoms with Gasteiger partial charge in [0.05, 0.1) is 0 Å². The number of rotatable bonds is 4. The van der Waals surface area contributed by atoms with Crippen LogP contribution in [0.5, 0.6) is 0 Å². The molecule has 0 spiro atoms. The molecule has 5 nitrogen and oxygen atoms in total. The first-order valence-electron chi connectivity index (χ1n) is 10.3. The molecule has 1 aromatic heterocycles. The molecule has 0 saturated carbocycles. The van der Waals surface area contributed by atoms with Gasteiger partial charge in [-0.05, 0) is 81.1 Å². The van der Waals surface area contributed by atoms with Gasteiger partial charge in [-0.15, -0.1) is 0 Å². The molecule has 1 fully saturated rings. The predicted molar refractivity (Wildman–Crippen MR) is 117 cm³/mol. The van der Waals surface area contributed by atoms with Gasteiger partial charge in [-0.25, -0.2) is 0 Å². The average molecular weight is 389 g/mol. The lowest BCUT2D eigenvalue weighted by Gasteiger charge is -2.16. The lowest BCUT2D eigenvalue weighted by molar-refractivity contribution is 0.0782. The van der Waals surface area contributed by atoms with Gasteiger partial charge in [0, 0.05) is 41.8 Å². The summed E-state index contributed by atoms with van der Waals surface area (Å²) in [7, 11) is 0. The van der Waals surface area contributed by atoms with Crippen molar-refractivity contribution in [3.63, 3.8) is 0 Å². The number of amides is 2. The number of hydrogen-bond acceptors (Lipinski definition) is 2. The summed E-state index contributed by atoms with van der Waals surface area (Å²) in [5.41, 5.74) is 5.37. The summed E-state index contributed by atoms with van der Waals surface area (Å²) in [5, 5.41) is 3.95. The van der Waals surface area contributed by atoms with E-state index in [0.29, 0.717) is 5.56 Å². The zero-order chi connectivity index (χ0) is 20.5. The second-order valence-electron chi connectivity index (χ2n) is 7.80. The molecule has 0 aliphatic carbocycles. The topological polar surface area (TPSA) is 54.3 Å². The Morgan fingerprint density at radius 3 is 2.41 bits per heavy atom.